The summed E-state index contributed by atoms with van der Waals surface area (Å²) in [5, 5.41) is 12.6. The van der Waals surface area contributed by atoms with Gasteiger partial charge in [0, 0.05) is 30.7 Å². The van der Waals surface area contributed by atoms with Gasteiger partial charge in [-0.05, 0) is 45.7 Å². The van der Waals surface area contributed by atoms with Crippen LogP contribution in [0.5, 0.6) is 0 Å². The molecule has 0 aliphatic carbocycles. The third-order valence-corrected chi connectivity index (χ3v) is 7.93. The van der Waals surface area contributed by atoms with E-state index in [1.165, 1.54) is 9.18 Å². The fraction of sp³-hybridized carbons (Fsp3) is 0.500. The van der Waals surface area contributed by atoms with E-state index in [4.69, 9.17) is 4.42 Å². The van der Waals surface area contributed by atoms with E-state index in [0.29, 0.717) is 37.1 Å². The van der Waals surface area contributed by atoms with Gasteiger partial charge in [-0.25, -0.2) is 8.42 Å². The van der Waals surface area contributed by atoms with Gasteiger partial charge in [-0.15, -0.1) is 21.5 Å². The van der Waals surface area contributed by atoms with Crippen LogP contribution in [-0.4, -0.2) is 45.8 Å². The van der Waals surface area contributed by atoms with Crippen molar-refractivity contribution in [2.75, 3.05) is 13.1 Å². The lowest BCUT2D eigenvalue weighted by molar-refractivity contribution is 0.286. The number of aryl methyl sites for hydroxylation is 3. The van der Waals surface area contributed by atoms with Crippen molar-refractivity contribution in [3.8, 4) is 10.8 Å². The van der Waals surface area contributed by atoms with E-state index in [-0.39, 0.29) is 10.8 Å². The molecule has 28 heavy (non-hydrogen) atoms. The first-order chi connectivity index (χ1) is 13.4. The highest BCUT2D eigenvalue weighted by molar-refractivity contribution is 7.89. The molecule has 4 heterocycles. The Morgan fingerprint density at radius 1 is 1.29 bits per heavy atom. The molecule has 3 aromatic rings. The Balaban J connectivity index is 1.56. The van der Waals surface area contributed by atoms with Gasteiger partial charge in [0.25, 0.3) is 5.89 Å². The Bertz CT molecular complexity index is 1080. The maximum atomic E-state index is 13.2. The van der Waals surface area contributed by atoms with Crippen LogP contribution in [0.3, 0.4) is 0 Å². The maximum Gasteiger partial charge on any atom is 0.257 e. The molecule has 0 radical (unpaired) electrons. The van der Waals surface area contributed by atoms with Crippen molar-refractivity contribution in [1.82, 2.24) is 24.3 Å². The fourth-order valence-electron chi connectivity index (χ4n) is 3.46. The van der Waals surface area contributed by atoms with E-state index in [0.717, 1.165) is 17.7 Å². The first-order valence-electron chi connectivity index (χ1n) is 9.33. The Morgan fingerprint density at radius 3 is 2.79 bits per heavy atom. The first-order valence-corrected chi connectivity index (χ1v) is 11.6. The summed E-state index contributed by atoms with van der Waals surface area (Å²) in [5.74, 6) is 0.891. The van der Waals surface area contributed by atoms with Gasteiger partial charge in [-0.3, -0.25) is 4.68 Å². The zero-order valence-corrected chi connectivity index (χ0v) is 17.8. The van der Waals surface area contributed by atoms with Crippen molar-refractivity contribution in [2.24, 2.45) is 0 Å². The molecular formula is C18H23N5O3S2. The Morgan fingerprint density at radius 2 is 2.11 bits per heavy atom. The predicted octanol–water partition coefficient (Wildman–Crippen LogP) is 3.20. The molecule has 0 bridgehead atoms. The standard InChI is InChI=1S/C18H23N5O3S2/c1-4-22-11-16(13(3)21-22)28(24,25)23-9-5-6-14(10-23)17-19-20-18(26-17)15-8-7-12(2)27-15/h7-8,11,14H,4-6,9-10H2,1-3H3/t14-/m0/s1. The molecule has 1 atom stereocenters. The number of hydrogen-bond acceptors (Lipinski definition) is 7. The summed E-state index contributed by atoms with van der Waals surface area (Å²) in [4.78, 5) is 2.38. The van der Waals surface area contributed by atoms with Gasteiger partial charge in [0.15, 0.2) is 0 Å². The molecular weight excluding hydrogens is 398 g/mol. The summed E-state index contributed by atoms with van der Waals surface area (Å²) in [6.07, 6.45) is 3.18. The molecule has 150 valence electrons. The minimum absolute atomic E-state index is 0.104. The second-order valence-electron chi connectivity index (χ2n) is 6.99. The van der Waals surface area contributed by atoms with Crippen LogP contribution in [0.1, 0.15) is 42.1 Å². The van der Waals surface area contributed by atoms with Crippen LogP contribution in [0.25, 0.3) is 10.8 Å². The van der Waals surface area contributed by atoms with E-state index in [1.54, 1.807) is 29.1 Å². The van der Waals surface area contributed by atoms with Crippen LogP contribution < -0.4 is 0 Å². The van der Waals surface area contributed by atoms with E-state index in [2.05, 4.69) is 15.3 Å². The second-order valence-corrected chi connectivity index (χ2v) is 10.2. The second kappa shape index (κ2) is 7.41. The van der Waals surface area contributed by atoms with Gasteiger partial charge >= 0.3 is 0 Å². The number of aromatic nitrogens is 4. The normalized spacial score (nSPS) is 18.6. The smallest absolute Gasteiger partial charge is 0.257 e. The molecule has 0 N–H and O–H groups in total. The van der Waals surface area contributed by atoms with Crippen molar-refractivity contribution in [1.29, 1.82) is 0 Å². The lowest BCUT2D eigenvalue weighted by atomic mass is 10.00. The van der Waals surface area contributed by atoms with Gasteiger partial charge in [0.1, 0.15) is 4.90 Å². The molecule has 1 saturated heterocycles. The zero-order chi connectivity index (χ0) is 19.9. The Kier molecular flexibility index (Phi) is 5.11. The van der Waals surface area contributed by atoms with Crippen molar-refractivity contribution in [2.45, 2.75) is 51.0 Å². The number of thiophene rings is 1. The highest BCUT2D eigenvalue weighted by Crippen LogP contribution is 2.33. The van der Waals surface area contributed by atoms with Crippen molar-refractivity contribution < 1.29 is 12.8 Å². The molecule has 0 saturated carbocycles. The van der Waals surface area contributed by atoms with Crippen LogP contribution >= 0.6 is 11.3 Å². The molecule has 10 heteroatoms. The monoisotopic (exact) mass is 421 g/mol. The number of hydrogen-bond donors (Lipinski definition) is 0. The summed E-state index contributed by atoms with van der Waals surface area (Å²) < 4.78 is 35.4. The van der Waals surface area contributed by atoms with E-state index < -0.39 is 10.0 Å². The van der Waals surface area contributed by atoms with Crippen LogP contribution in [-0.2, 0) is 16.6 Å². The van der Waals surface area contributed by atoms with Crippen LogP contribution in [0.15, 0.2) is 27.6 Å². The molecule has 4 rings (SSSR count). The van der Waals surface area contributed by atoms with Gasteiger partial charge in [-0.1, -0.05) is 0 Å². The third kappa shape index (κ3) is 3.51. The summed E-state index contributed by atoms with van der Waals surface area (Å²) >= 11 is 1.60. The molecule has 0 unspecified atom stereocenters. The SMILES string of the molecule is CCn1cc(S(=O)(=O)N2CCC[C@H](c3nnc(-c4ccc(C)s4)o3)C2)c(C)n1. The quantitative estimate of drug-likeness (QED) is 0.628. The van der Waals surface area contributed by atoms with Crippen molar-refractivity contribution >= 4 is 21.4 Å². The highest BCUT2D eigenvalue weighted by Gasteiger charge is 2.35. The largest absolute Gasteiger partial charge is 0.420 e. The van der Waals surface area contributed by atoms with Gasteiger partial charge in [0.05, 0.1) is 16.5 Å². The first kappa shape index (κ1) is 19.3. The molecule has 0 spiro atoms. The lowest BCUT2D eigenvalue weighted by Crippen LogP contribution is -2.39. The molecule has 0 amide bonds. The highest BCUT2D eigenvalue weighted by atomic mass is 32.2. The van der Waals surface area contributed by atoms with Crippen molar-refractivity contribution in [3.05, 3.63) is 34.8 Å². The number of nitrogens with zero attached hydrogens (tertiary/aromatic N) is 5. The van der Waals surface area contributed by atoms with Crippen LogP contribution in [0, 0.1) is 13.8 Å². The minimum atomic E-state index is -3.60. The molecule has 1 aliphatic rings. The third-order valence-electron chi connectivity index (χ3n) is 4.97. The maximum absolute atomic E-state index is 13.2. The number of rotatable bonds is 5. The molecule has 8 nitrogen and oxygen atoms in total. The molecule has 1 aliphatic heterocycles. The molecule has 0 aromatic carbocycles. The van der Waals surface area contributed by atoms with E-state index >= 15 is 0 Å². The minimum Gasteiger partial charge on any atom is -0.420 e. The summed E-state index contributed by atoms with van der Waals surface area (Å²) in [5.41, 5.74) is 0.525. The molecule has 3 aromatic heterocycles. The molecule has 1 fully saturated rings. The number of piperidine rings is 1. The predicted molar refractivity (Wildman–Crippen MR) is 106 cm³/mol. The Labute approximate surface area is 168 Å². The van der Waals surface area contributed by atoms with E-state index in [9.17, 15) is 8.42 Å². The zero-order valence-electron chi connectivity index (χ0n) is 16.1. The summed E-state index contributed by atoms with van der Waals surface area (Å²) in [6, 6.07) is 3.97. The van der Waals surface area contributed by atoms with Gasteiger partial charge < -0.3 is 4.42 Å². The number of sulfonamides is 1. The van der Waals surface area contributed by atoms with Crippen molar-refractivity contribution in [3.63, 3.8) is 0 Å². The lowest BCUT2D eigenvalue weighted by Gasteiger charge is -2.29. The fourth-order valence-corrected chi connectivity index (χ4v) is 5.95. The van der Waals surface area contributed by atoms with Crippen LogP contribution in [0.2, 0.25) is 0 Å². The summed E-state index contributed by atoms with van der Waals surface area (Å²) in [6.45, 7) is 7.14. The average Bonchev–Trinajstić information content (AvgIpc) is 3.41. The van der Waals surface area contributed by atoms with E-state index in [1.807, 2.05) is 26.0 Å². The average molecular weight is 422 g/mol. The topological polar surface area (TPSA) is 94.1 Å². The van der Waals surface area contributed by atoms with Gasteiger partial charge in [0.2, 0.25) is 15.9 Å². The Hall–Kier alpha value is -2.04. The summed E-state index contributed by atoms with van der Waals surface area (Å²) in [7, 11) is -3.60. The van der Waals surface area contributed by atoms with Gasteiger partial charge in [-0.2, -0.15) is 9.40 Å². The van der Waals surface area contributed by atoms with Crippen LogP contribution in [0.4, 0.5) is 0 Å².